The van der Waals surface area contributed by atoms with Gasteiger partial charge in [0.15, 0.2) is 5.78 Å². The van der Waals surface area contributed by atoms with Crippen molar-refractivity contribution in [1.82, 2.24) is 4.48 Å². The van der Waals surface area contributed by atoms with Gasteiger partial charge in [0.05, 0.1) is 28.3 Å². The number of allylic oxidation sites excluding steroid dienone is 1. The van der Waals surface area contributed by atoms with Gasteiger partial charge in [0.25, 0.3) is 0 Å². The summed E-state index contributed by atoms with van der Waals surface area (Å²) in [6.45, 7) is 6.70. The molecule has 2 aliphatic rings. The molecule has 2 aliphatic carbocycles. The first kappa shape index (κ1) is 22.7. The third-order valence-electron chi connectivity index (χ3n) is 6.56. The van der Waals surface area contributed by atoms with Crippen LogP contribution in [0.4, 0.5) is 5.69 Å². The summed E-state index contributed by atoms with van der Waals surface area (Å²) in [5, 5.41) is 0. The van der Waals surface area contributed by atoms with Crippen LogP contribution in [0.1, 0.15) is 39.2 Å². The summed E-state index contributed by atoms with van der Waals surface area (Å²) < 4.78 is 31.8. The van der Waals surface area contributed by atoms with E-state index in [1.54, 1.807) is 0 Å². The number of carbonyl (C=O) groups is 1. The van der Waals surface area contributed by atoms with Gasteiger partial charge in [-0.3, -0.25) is 13.5 Å². The minimum atomic E-state index is -4.41. The average molecular weight is 410 g/mol. The zero-order valence-electron chi connectivity index (χ0n) is 17.8. The first-order valence-corrected chi connectivity index (χ1v) is 10.7. The van der Waals surface area contributed by atoms with Gasteiger partial charge in [0, 0.05) is 5.41 Å². The van der Waals surface area contributed by atoms with Crippen molar-refractivity contribution in [2.45, 2.75) is 33.6 Å². The molecule has 156 valence electrons. The quantitative estimate of drug-likeness (QED) is 0.331. The van der Waals surface area contributed by atoms with Gasteiger partial charge in [-0.25, -0.2) is 8.42 Å². The number of Topliss-reactive ketones (excluding diaryl/α,β-unsaturated/α-hetero) is 1. The van der Waals surface area contributed by atoms with Crippen LogP contribution < -0.4 is 4.48 Å². The van der Waals surface area contributed by atoms with E-state index >= 15 is 0 Å². The van der Waals surface area contributed by atoms with Crippen molar-refractivity contribution in [2.75, 3.05) is 28.3 Å². The van der Waals surface area contributed by atoms with E-state index in [2.05, 4.69) is 76.4 Å². The smallest absolute Gasteiger partial charge is 0.217 e. The summed E-state index contributed by atoms with van der Waals surface area (Å²) in [5.41, 5.74) is 3.40. The molecule has 0 aromatic heterocycles. The van der Waals surface area contributed by atoms with Gasteiger partial charge in [-0.1, -0.05) is 20.8 Å². The molecule has 3 rings (SSSR count). The molecule has 0 N–H and O–H groups in total. The second-order valence-electron chi connectivity index (χ2n) is 9.25. The molecule has 2 saturated carbocycles. The molecule has 28 heavy (non-hydrogen) atoms. The van der Waals surface area contributed by atoms with Gasteiger partial charge in [-0.2, -0.15) is 0 Å². The summed E-state index contributed by atoms with van der Waals surface area (Å²) in [5.74, 6) is 0.799. The topological polar surface area (TPSA) is 83.5 Å². The van der Waals surface area contributed by atoms with E-state index < -0.39 is 10.4 Å². The third kappa shape index (κ3) is 4.22. The fraction of sp³-hybridized carbons (Fsp3) is 0.571. The van der Waals surface area contributed by atoms with Crippen LogP contribution in [0.5, 0.6) is 0 Å². The van der Waals surface area contributed by atoms with Crippen molar-refractivity contribution in [3.8, 4) is 0 Å². The van der Waals surface area contributed by atoms with Crippen LogP contribution in [-0.2, 0) is 19.4 Å². The van der Waals surface area contributed by atoms with Crippen LogP contribution in [0.15, 0.2) is 29.8 Å². The molecule has 0 amide bonds. The van der Waals surface area contributed by atoms with E-state index in [-0.39, 0.29) is 10.8 Å². The van der Waals surface area contributed by atoms with Gasteiger partial charge in [0.2, 0.25) is 10.4 Å². The van der Waals surface area contributed by atoms with Crippen LogP contribution >= 0.6 is 0 Å². The Bertz CT molecular complexity index is 878. The van der Waals surface area contributed by atoms with Crippen LogP contribution in [0, 0.1) is 16.7 Å². The zero-order valence-corrected chi connectivity index (χ0v) is 18.6. The molecule has 0 radical (unpaired) electrons. The molecule has 2 atom stereocenters. The Morgan fingerprint density at radius 3 is 2.00 bits per heavy atom. The van der Waals surface area contributed by atoms with Crippen LogP contribution in [0.3, 0.4) is 0 Å². The van der Waals surface area contributed by atoms with Gasteiger partial charge in [0.1, 0.15) is 5.69 Å². The first-order chi connectivity index (χ1) is 12.6. The molecular formula is C21H31NO5S. The second-order valence-corrected chi connectivity index (χ2v) is 10.4. The maximum Gasteiger partial charge on any atom is 0.217 e. The molecule has 6 nitrogen and oxygen atoms in total. The number of hydrogen-bond acceptors (Lipinski definition) is 5. The Kier molecular flexibility index (Phi) is 5.99. The lowest BCUT2D eigenvalue weighted by atomic mass is 9.70. The number of hydrogen-bond donors (Lipinski definition) is 0. The maximum atomic E-state index is 12.9. The highest BCUT2D eigenvalue weighted by atomic mass is 32.3. The van der Waals surface area contributed by atoms with Crippen molar-refractivity contribution >= 4 is 27.9 Å². The number of nitrogens with zero attached hydrogens (tertiary/aromatic N) is 1. The fourth-order valence-corrected chi connectivity index (χ4v) is 4.29. The molecule has 2 bridgehead atoms. The minimum Gasteiger partial charge on any atom is -0.726 e. The molecule has 0 aliphatic heterocycles. The Labute approximate surface area is 168 Å². The maximum absolute atomic E-state index is 12.9. The van der Waals surface area contributed by atoms with E-state index in [9.17, 15) is 17.8 Å². The molecule has 0 spiro atoms. The Morgan fingerprint density at radius 2 is 1.64 bits per heavy atom. The van der Waals surface area contributed by atoms with Crippen molar-refractivity contribution in [3.63, 3.8) is 0 Å². The number of ketones is 1. The van der Waals surface area contributed by atoms with Crippen molar-refractivity contribution in [1.29, 1.82) is 0 Å². The zero-order chi connectivity index (χ0) is 21.5. The van der Waals surface area contributed by atoms with Gasteiger partial charge in [-0.05, 0) is 65.7 Å². The van der Waals surface area contributed by atoms with Crippen molar-refractivity contribution in [2.24, 2.45) is 16.7 Å². The standard InChI is InChI=1S/C20H28NO.CH4O4S/c1-19(2)17-11-12-20(19,3)18(22)16(17)13-14-7-9-15(10-8-14)21(4,5)6;1-5-6(2,3)4/h7-10,13,17H,11-12H2,1-6H3;1H3,(H,2,3,4)/q+1;/p-1/b16-13-;/t17-,20-;/m0./s1. The minimum absolute atomic E-state index is 0.0954. The molecule has 1 aromatic rings. The monoisotopic (exact) mass is 409 g/mol. The van der Waals surface area contributed by atoms with Gasteiger partial charge < -0.3 is 4.55 Å². The third-order valence-corrected chi connectivity index (χ3v) is 6.97. The highest BCUT2D eigenvalue weighted by molar-refractivity contribution is 7.80. The second kappa shape index (κ2) is 7.37. The van der Waals surface area contributed by atoms with E-state index in [1.807, 2.05) is 0 Å². The number of fused-ring (bicyclic) bond motifs is 2. The van der Waals surface area contributed by atoms with E-state index in [4.69, 9.17) is 0 Å². The summed E-state index contributed by atoms with van der Waals surface area (Å²) in [6, 6.07) is 8.61. The first-order valence-electron chi connectivity index (χ1n) is 9.33. The number of quaternary nitrogens is 1. The molecule has 7 heteroatoms. The molecule has 0 unspecified atom stereocenters. The molecule has 2 fully saturated rings. The Balaban J connectivity index is 0.000000409. The highest BCUT2D eigenvalue weighted by Gasteiger charge is 2.63. The summed E-state index contributed by atoms with van der Waals surface area (Å²) in [6.07, 6.45) is 4.33. The molecule has 0 saturated heterocycles. The fourth-order valence-electron chi connectivity index (χ4n) is 4.29. The molecular weight excluding hydrogens is 378 g/mol. The predicted molar refractivity (Wildman–Crippen MR) is 110 cm³/mol. The molecule has 1 aromatic carbocycles. The Hall–Kier alpha value is -1.54. The van der Waals surface area contributed by atoms with Gasteiger partial charge in [-0.15, -0.1) is 0 Å². The normalized spacial score (nSPS) is 27.6. The van der Waals surface area contributed by atoms with E-state index in [0.717, 1.165) is 35.6 Å². The summed E-state index contributed by atoms with van der Waals surface area (Å²) in [4.78, 5) is 12.9. The number of rotatable bonds is 3. The average Bonchev–Trinajstić information content (AvgIpc) is 2.88. The SMILES string of the molecule is CC1(C)[C@H]2CC[C@@]1(C)C(=O)/C2=C\c1ccc([N+](C)(C)C)cc1.COS(=O)(=O)[O-]. The predicted octanol–water partition coefficient (Wildman–Crippen LogP) is 3.38. The van der Waals surface area contributed by atoms with Crippen molar-refractivity contribution < 1.29 is 21.9 Å². The van der Waals surface area contributed by atoms with E-state index in [1.165, 1.54) is 5.69 Å². The van der Waals surface area contributed by atoms with Gasteiger partial charge >= 0.3 is 0 Å². The van der Waals surface area contributed by atoms with Crippen LogP contribution in [-0.4, -0.2) is 47.0 Å². The lowest BCUT2D eigenvalue weighted by Crippen LogP contribution is -2.34. The summed E-state index contributed by atoms with van der Waals surface area (Å²) in [7, 11) is 2.88. The number of carbonyl (C=O) groups excluding carboxylic acids is 1. The van der Waals surface area contributed by atoms with Crippen LogP contribution in [0.25, 0.3) is 6.08 Å². The van der Waals surface area contributed by atoms with Crippen molar-refractivity contribution in [3.05, 3.63) is 35.4 Å². The lowest BCUT2D eigenvalue weighted by Gasteiger charge is -2.31. The summed E-state index contributed by atoms with van der Waals surface area (Å²) >= 11 is 0. The highest BCUT2D eigenvalue weighted by Crippen LogP contribution is 2.65. The number of benzene rings is 1. The Morgan fingerprint density at radius 1 is 1.14 bits per heavy atom. The molecule has 0 heterocycles. The largest absolute Gasteiger partial charge is 0.726 e. The van der Waals surface area contributed by atoms with E-state index in [0.29, 0.717) is 11.7 Å². The lowest BCUT2D eigenvalue weighted by molar-refractivity contribution is -0.125. The van der Waals surface area contributed by atoms with Crippen LogP contribution in [0.2, 0.25) is 0 Å².